The van der Waals surface area contributed by atoms with Gasteiger partial charge in [0.25, 0.3) is 5.91 Å². The third-order valence-corrected chi connectivity index (χ3v) is 4.14. The van der Waals surface area contributed by atoms with E-state index in [4.69, 9.17) is 9.47 Å². The lowest BCUT2D eigenvalue weighted by Crippen LogP contribution is -2.23. The lowest BCUT2D eigenvalue weighted by molar-refractivity contribution is 0.0946. The van der Waals surface area contributed by atoms with Crippen molar-refractivity contribution in [2.24, 2.45) is 0 Å². The van der Waals surface area contributed by atoms with E-state index in [-0.39, 0.29) is 12.0 Å². The van der Waals surface area contributed by atoms with E-state index in [0.717, 1.165) is 28.4 Å². The van der Waals surface area contributed by atoms with Crippen LogP contribution in [0.1, 0.15) is 29.9 Å². The highest BCUT2D eigenvalue weighted by Crippen LogP contribution is 2.28. The summed E-state index contributed by atoms with van der Waals surface area (Å²) >= 11 is 0. The van der Waals surface area contributed by atoms with Crippen LogP contribution in [0.2, 0.25) is 0 Å². The Labute approximate surface area is 170 Å². The van der Waals surface area contributed by atoms with Crippen molar-refractivity contribution in [3.63, 3.8) is 0 Å². The highest BCUT2D eigenvalue weighted by atomic mass is 16.5. The van der Waals surface area contributed by atoms with Crippen LogP contribution >= 0.6 is 0 Å². The Morgan fingerprint density at radius 1 is 1.03 bits per heavy atom. The minimum atomic E-state index is -0.226. The summed E-state index contributed by atoms with van der Waals surface area (Å²) in [5.41, 5.74) is 2.96. The number of nitrogens with zero attached hydrogens (tertiary/aromatic N) is 1. The number of methoxy groups -OCH3 is 1. The second-order valence-electron chi connectivity index (χ2n) is 6.75. The first kappa shape index (κ1) is 20.2. The van der Waals surface area contributed by atoms with Gasteiger partial charge in [0.05, 0.1) is 30.8 Å². The molecule has 0 fully saturated rings. The number of amides is 1. The average Bonchev–Trinajstić information content (AvgIpc) is 2.74. The van der Waals surface area contributed by atoms with Gasteiger partial charge in [-0.15, -0.1) is 0 Å². The zero-order valence-corrected chi connectivity index (χ0v) is 16.8. The molecule has 3 rings (SSSR count). The topological polar surface area (TPSA) is 72.5 Å². The molecule has 2 N–H and O–H groups in total. The van der Waals surface area contributed by atoms with Crippen LogP contribution in [-0.2, 0) is 6.54 Å². The van der Waals surface area contributed by atoms with E-state index in [2.05, 4.69) is 15.6 Å². The number of hydrogen-bond donors (Lipinski definition) is 2. The van der Waals surface area contributed by atoms with Crippen molar-refractivity contribution in [2.75, 3.05) is 12.4 Å². The number of rotatable bonds is 8. The molecule has 0 saturated carbocycles. The number of nitrogens with one attached hydrogen (secondary N) is 2. The quantitative estimate of drug-likeness (QED) is 0.589. The van der Waals surface area contributed by atoms with Crippen molar-refractivity contribution in [1.82, 2.24) is 10.3 Å². The third kappa shape index (κ3) is 5.72. The molecule has 6 heteroatoms. The van der Waals surface area contributed by atoms with E-state index in [1.807, 2.05) is 68.4 Å². The second kappa shape index (κ2) is 9.59. The van der Waals surface area contributed by atoms with Gasteiger partial charge in [-0.1, -0.05) is 24.3 Å². The van der Waals surface area contributed by atoms with E-state index in [1.54, 1.807) is 19.4 Å². The maximum atomic E-state index is 12.3. The number of carbonyl (C=O) groups excluding carboxylic acids is 1. The largest absolute Gasteiger partial charge is 0.497 e. The number of anilines is 2. The van der Waals surface area contributed by atoms with Crippen molar-refractivity contribution in [3.05, 3.63) is 78.1 Å². The molecule has 0 radical (unpaired) electrons. The molecule has 0 saturated heterocycles. The smallest absolute Gasteiger partial charge is 0.270 e. The molecule has 1 aromatic heterocycles. The Morgan fingerprint density at radius 3 is 2.45 bits per heavy atom. The monoisotopic (exact) mass is 391 g/mol. The highest BCUT2D eigenvalue weighted by molar-refractivity contribution is 5.92. The van der Waals surface area contributed by atoms with Crippen molar-refractivity contribution < 1.29 is 14.3 Å². The number of pyridine rings is 1. The van der Waals surface area contributed by atoms with Crippen LogP contribution in [0.3, 0.4) is 0 Å². The Bertz CT molecular complexity index is 938. The van der Waals surface area contributed by atoms with E-state index in [0.29, 0.717) is 12.2 Å². The number of carbonyl (C=O) groups is 1. The van der Waals surface area contributed by atoms with Gasteiger partial charge in [0.2, 0.25) is 0 Å². The Balaban J connectivity index is 1.60. The summed E-state index contributed by atoms with van der Waals surface area (Å²) in [5, 5.41) is 6.15. The maximum Gasteiger partial charge on any atom is 0.270 e. The van der Waals surface area contributed by atoms with Gasteiger partial charge in [0.1, 0.15) is 17.2 Å². The van der Waals surface area contributed by atoms with Gasteiger partial charge in [0, 0.05) is 6.54 Å². The molecule has 0 unspecified atom stereocenters. The molecule has 29 heavy (non-hydrogen) atoms. The first-order valence-electron chi connectivity index (χ1n) is 9.45. The summed E-state index contributed by atoms with van der Waals surface area (Å²) in [7, 11) is 1.62. The minimum absolute atomic E-state index is 0.0767. The maximum absolute atomic E-state index is 12.3. The summed E-state index contributed by atoms with van der Waals surface area (Å²) in [6.07, 6.45) is 1.71. The van der Waals surface area contributed by atoms with Crippen LogP contribution in [-0.4, -0.2) is 24.1 Å². The second-order valence-corrected chi connectivity index (χ2v) is 6.75. The number of para-hydroxylation sites is 2. The van der Waals surface area contributed by atoms with Crippen molar-refractivity contribution in [3.8, 4) is 11.5 Å². The first-order chi connectivity index (χ1) is 14.0. The average molecular weight is 391 g/mol. The van der Waals surface area contributed by atoms with E-state index < -0.39 is 0 Å². The highest BCUT2D eigenvalue weighted by Gasteiger charge is 2.09. The molecule has 0 aliphatic heterocycles. The Hall–Kier alpha value is -3.54. The third-order valence-electron chi connectivity index (χ3n) is 4.14. The summed E-state index contributed by atoms with van der Waals surface area (Å²) in [6, 6.07) is 18.8. The molecule has 0 atom stereocenters. The summed E-state index contributed by atoms with van der Waals surface area (Å²) in [5.74, 6) is 1.32. The van der Waals surface area contributed by atoms with Crippen LogP contribution in [0.25, 0.3) is 0 Å². The molecule has 1 amide bonds. The number of aromatic nitrogens is 1. The van der Waals surface area contributed by atoms with E-state index >= 15 is 0 Å². The van der Waals surface area contributed by atoms with Crippen LogP contribution in [0, 0.1) is 0 Å². The predicted molar refractivity (Wildman–Crippen MR) is 114 cm³/mol. The normalized spacial score (nSPS) is 10.5. The first-order valence-corrected chi connectivity index (χ1v) is 9.45. The molecule has 0 aliphatic rings. The molecule has 150 valence electrons. The zero-order chi connectivity index (χ0) is 20.6. The molecule has 2 aromatic carbocycles. The fourth-order valence-electron chi connectivity index (χ4n) is 2.70. The zero-order valence-electron chi connectivity index (χ0n) is 16.8. The minimum Gasteiger partial charge on any atom is -0.497 e. The fraction of sp³-hybridized carbons (Fsp3) is 0.217. The van der Waals surface area contributed by atoms with Gasteiger partial charge in [-0.3, -0.25) is 4.79 Å². The van der Waals surface area contributed by atoms with Crippen LogP contribution in [0.5, 0.6) is 11.5 Å². The lowest BCUT2D eigenvalue weighted by Gasteiger charge is -2.15. The number of ether oxygens (including phenoxy) is 2. The summed E-state index contributed by atoms with van der Waals surface area (Å²) < 4.78 is 10.9. The van der Waals surface area contributed by atoms with Gasteiger partial charge in [0.15, 0.2) is 0 Å². The lowest BCUT2D eigenvalue weighted by atomic mass is 10.2. The van der Waals surface area contributed by atoms with Crippen LogP contribution in [0.4, 0.5) is 11.4 Å². The molecule has 3 aromatic rings. The van der Waals surface area contributed by atoms with Crippen LogP contribution in [0.15, 0.2) is 66.9 Å². The van der Waals surface area contributed by atoms with Gasteiger partial charge >= 0.3 is 0 Å². The molecule has 0 bridgehead atoms. The van der Waals surface area contributed by atoms with Gasteiger partial charge in [-0.25, -0.2) is 4.98 Å². The standard InChI is InChI=1S/C23H25N3O3/c1-16(2)29-22-7-5-4-6-20(22)26-18-10-13-21(24-15-18)23(27)25-14-17-8-11-19(28-3)12-9-17/h4-13,15-16,26H,14H2,1-3H3,(H,25,27). The Kier molecular flexibility index (Phi) is 6.68. The molecular formula is C23H25N3O3. The van der Waals surface area contributed by atoms with Crippen LogP contribution < -0.4 is 20.1 Å². The molecule has 0 spiro atoms. The molecular weight excluding hydrogens is 366 g/mol. The molecule has 6 nitrogen and oxygen atoms in total. The van der Waals surface area contributed by atoms with Crippen molar-refractivity contribution >= 4 is 17.3 Å². The van der Waals surface area contributed by atoms with Gasteiger partial charge in [-0.2, -0.15) is 0 Å². The van der Waals surface area contributed by atoms with E-state index in [9.17, 15) is 4.79 Å². The molecule has 1 heterocycles. The summed E-state index contributed by atoms with van der Waals surface area (Å²) in [4.78, 5) is 16.6. The predicted octanol–water partition coefficient (Wildman–Crippen LogP) is 4.55. The Morgan fingerprint density at radius 2 is 1.79 bits per heavy atom. The van der Waals surface area contributed by atoms with E-state index in [1.165, 1.54) is 0 Å². The number of benzene rings is 2. The van der Waals surface area contributed by atoms with Gasteiger partial charge < -0.3 is 20.1 Å². The number of hydrogen-bond acceptors (Lipinski definition) is 5. The van der Waals surface area contributed by atoms with Gasteiger partial charge in [-0.05, 0) is 55.8 Å². The SMILES string of the molecule is COc1ccc(CNC(=O)c2ccc(Nc3ccccc3OC(C)C)cn2)cc1. The van der Waals surface area contributed by atoms with Crippen molar-refractivity contribution in [1.29, 1.82) is 0 Å². The molecule has 0 aliphatic carbocycles. The fourth-order valence-corrected chi connectivity index (χ4v) is 2.70. The van der Waals surface area contributed by atoms with Crippen molar-refractivity contribution in [2.45, 2.75) is 26.5 Å². The summed E-state index contributed by atoms with van der Waals surface area (Å²) in [6.45, 7) is 4.39.